The molecule has 0 spiro atoms. The predicted molar refractivity (Wildman–Crippen MR) is 125 cm³/mol. The van der Waals surface area contributed by atoms with Crippen molar-refractivity contribution in [3.05, 3.63) is 83.7 Å². The second-order valence-electron chi connectivity index (χ2n) is 8.12. The molecule has 1 N–H and O–H groups in total. The van der Waals surface area contributed by atoms with Crippen LogP contribution in [0.15, 0.2) is 66.8 Å². The van der Waals surface area contributed by atoms with Crippen LogP contribution in [-0.2, 0) is 14.3 Å². The van der Waals surface area contributed by atoms with E-state index in [9.17, 15) is 19.1 Å². The summed E-state index contributed by atoms with van der Waals surface area (Å²) in [6.45, 7) is 7.61. The molecule has 2 saturated heterocycles. The van der Waals surface area contributed by atoms with Crippen molar-refractivity contribution in [1.82, 2.24) is 9.80 Å². The Morgan fingerprint density at radius 1 is 1.09 bits per heavy atom. The first-order chi connectivity index (χ1) is 16.5. The Balaban J connectivity index is 1.70. The summed E-state index contributed by atoms with van der Waals surface area (Å²) in [5, 5.41) is 11.0. The molecule has 1 amide bonds. The van der Waals surface area contributed by atoms with Gasteiger partial charge in [-0.2, -0.15) is 0 Å². The number of halogens is 1. The number of ether oxygens (including phenoxy) is 2. The quantitative estimate of drug-likeness (QED) is 0.279. The van der Waals surface area contributed by atoms with Crippen molar-refractivity contribution in [1.29, 1.82) is 0 Å². The Morgan fingerprint density at radius 2 is 1.76 bits per heavy atom. The van der Waals surface area contributed by atoms with Gasteiger partial charge in [0.1, 0.15) is 23.9 Å². The smallest absolute Gasteiger partial charge is 0.295 e. The first-order valence-electron chi connectivity index (χ1n) is 11.2. The fourth-order valence-corrected chi connectivity index (χ4v) is 4.20. The molecule has 2 fully saturated rings. The van der Waals surface area contributed by atoms with Gasteiger partial charge in [0.2, 0.25) is 0 Å². The molecule has 2 aliphatic rings. The van der Waals surface area contributed by atoms with Crippen molar-refractivity contribution in [2.24, 2.45) is 0 Å². The highest BCUT2D eigenvalue weighted by molar-refractivity contribution is 6.46. The number of likely N-dealkylation sites (tertiary alicyclic amines) is 1. The molecule has 2 heterocycles. The molecule has 2 aliphatic heterocycles. The summed E-state index contributed by atoms with van der Waals surface area (Å²) >= 11 is 0. The maximum atomic E-state index is 13.4. The molecular formula is C26H27FN2O5. The van der Waals surface area contributed by atoms with Crippen LogP contribution in [0.4, 0.5) is 4.39 Å². The van der Waals surface area contributed by atoms with E-state index in [0.29, 0.717) is 44.2 Å². The lowest BCUT2D eigenvalue weighted by atomic mass is 9.95. The van der Waals surface area contributed by atoms with Crippen LogP contribution in [0.3, 0.4) is 0 Å². The summed E-state index contributed by atoms with van der Waals surface area (Å²) in [6, 6.07) is 11.4. The van der Waals surface area contributed by atoms with Gasteiger partial charge in [0.15, 0.2) is 0 Å². The number of carbonyl (C=O) groups is 2. The van der Waals surface area contributed by atoms with Crippen molar-refractivity contribution in [3.63, 3.8) is 0 Å². The molecule has 8 heteroatoms. The molecule has 2 aromatic rings. The number of aliphatic hydroxyl groups excluding tert-OH is 1. The summed E-state index contributed by atoms with van der Waals surface area (Å²) < 4.78 is 24.3. The van der Waals surface area contributed by atoms with Crippen LogP contribution in [0, 0.1) is 5.82 Å². The summed E-state index contributed by atoms with van der Waals surface area (Å²) in [5.74, 6) is -1.61. The van der Waals surface area contributed by atoms with Crippen LogP contribution in [0.1, 0.15) is 17.2 Å². The van der Waals surface area contributed by atoms with Gasteiger partial charge in [0, 0.05) is 31.7 Å². The molecule has 1 atom stereocenters. The molecule has 0 bridgehead atoms. The van der Waals surface area contributed by atoms with Crippen LogP contribution < -0.4 is 4.74 Å². The Labute approximate surface area is 197 Å². The Bertz CT molecular complexity index is 1080. The average Bonchev–Trinajstić information content (AvgIpc) is 3.12. The van der Waals surface area contributed by atoms with E-state index >= 15 is 0 Å². The van der Waals surface area contributed by atoms with Gasteiger partial charge in [0.25, 0.3) is 11.7 Å². The molecule has 0 aliphatic carbocycles. The molecule has 34 heavy (non-hydrogen) atoms. The summed E-state index contributed by atoms with van der Waals surface area (Å²) in [6.07, 6.45) is 1.64. The number of Topliss-reactive ketones (excluding diaryl/α,β-unsaturated/α-hetero) is 1. The lowest BCUT2D eigenvalue weighted by Gasteiger charge is -2.31. The average molecular weight is 467 g/mol. The number of ketones is 1. The second kappa shape index (κ2) is 10.6. The van der Waals surface area contributed by atoms with E-state index in [-0.39, 0.29) is 16.9 Å². The van der Waals surface area contributed by atoms with Gasteiger partial charge in [-0.15, -0.1) is 0 Å². The molecule has 2 aromatic carbocycles. The molecule has 0 aromatic heterocycles. The van der Waals surface area contributed by atoms with E-state index < -0.39 is 23.5 Å². The van der Waals surface area contributed by atoms with E-state index in [1.165, 1.54) is 29.2 Å². The summed E-state index contributed by atoms with van der Waals surface area (Å²) in [7, 11) is 0. The fourth-order valence-electron chi connectivity index (χ4n) is 4.20. The third-order valence-electron chi connectivity index (χ3n) is 5.98. The molecule has 0 radical (unpaired) electrons. The number of hydrogen-bond acceptors (Lipinski definition) is 6. The topological polar surface area (TPSA) is 79.3 Å². The minimum absolute atomic E-state index is 0.0154. The maximum Gasteiger partial charge on any atom is 0.295 e. The number of morpholine rings is 1. The molecule has 4 rings (SSSR count). The van der Waals surface area contributed by atoms with E-state index in [1.54, 1.807) is 30.3 Å². The molecule has 178 valence electrons. The number of rotatable bonds is 8. The van der Waals surface area contributed by atoms with Crippen molar-refractivity contribution in [2.75, 3.05) is 46.0 Å². The van der Waals surface area contributed by atoms with E-state index in [2.05, 4.69) is 11.5 Å². The van der Waals surface area contributed by atoms with Crippen molar-refractivity contribution in [3.8, 4) is 5.75 Å². The van der Waals surface area contributed by atoms with Crippen molar-refractivity contribution >= 4 is 17.4 Å². The van der Waals surface area contributed by atoms with Crippen molar-refractivity contribution < 1.29 is 28.6 Å². The van der Waals surface area contributed by atoms with E-state index in [1.807, 2.05) is 0 Å². The highest BCUT2D eigenvalue weighted by Crippen LogP contribution is 2.39. The minimum atomic E-state index is -0.778. The number of benzene rings is 2. The largest absolute Gasteiger partial charge is 0.507 e. The van der Waals surface area contributed by atoms with Crippen LogP contribution in [0.5, 0.6) is 5.75 Å². The van der Waals surface area contributed by atoms with Crippen LogP contribution in [0.2, 0.25) is 0 Å². The normalized spacial score (nSPS) is 20.5. The van der Waals surface area contributed by atoms with Crippen molar-refractivity contribution in [2.45, 2.75) is 6.04 Å². The minimum Gasteiger partial charge on any atom is -0.507 e. The standard InChI is InChI=1S/C26H27FN2O5/c1-2-15-34-21-9-5-18(6-10-21)23-22(24(30)19-3-7-20(27)8-4-19)25(31)26(32)29(23)12-11-28-13-16-33-17-14-28/h2-10,23,30H,1,11-17H2/t23-/m0/s1. The Kier molecular flexibility index (Phi) is 7.40. The van der Waals surface area contributed by atoms with Crippen LogP contribution >= 0.6 is 0 Å². The van der Waals surface area contributed by atoms with Gasteiger partial charge >= 0.3 is 0 Å². The van der Waals surface area contributed by atoms with Gasteiger partial charge in [-0.25, -0.2) is 4.39 Å². The number of nitrogens with zero attached hydrogens (tertiary/aromatic N) is 2. The summed E-state index contributed by atoms with van der Waals surface area (Å²) in [4.78, 5) is 29.8. The van der Waals surface area contributed by atoms with Gasteiger partial charge in [-0.3, -0.25) is 14.5 Å². The van der Waals surface area contributed by atoms with Gasteiger partial charge in [-0.05, 0) is 42.0 Å². The highest BCUT2D eigenvalue weighted by atomic mass is 19.1. The zero-order valence-electron chi connectivity index (χ0n) is 18.8. The van der Waals surface area contributed by atoms with E-state index in [0.717, 1.165) is 13.1 Å². The Morgan fingerprint density at radius 3 is 2.41 bits per heavy atom. The lowest BCUT2D eigenvalue weighted by molar-refractivity contribution is -0.140. The monoisotopic (exact) mass is 466 g/mol. The molecule has 0 unspecified atom stereocenters. The van der Waals surface area contributed by atoms with Gasteiger partial charge < -0.3 is 19.5 Å². The highest BCUT2D eigenvalue weighted by Gasteiger charge is 2.46. The zero-order chi connectivity index (χ0) is 24.1. The van der Waals surface area contributed by atoms with Crippen LogP contribution in [-0.4, -0.2) is 72.6 Å². The first-order valence-corrected chi connectivity index (χ1v) is 11.2. The third-order valence-corrected chi connectivity index (χ3v) is 5.98. The Hall–Kier alpha value is -3.49. The molecule has 7 nitrogen and oxygen atoms in total. The van der Waals surface area contributed by atoms with Gasteiger partial charge in [0.05, 0.1) is 24.8 Å². The van der Waals surface area contributed by atoms with Gasteiger partial charge in [-0.1, -0.05) is 24.8 Å². The zero-order valence-corrected chi connectivity index (χ0v) is 18.8. The SMILES string of the molecule is C=CCOc1ccc([C@H]2C(=C(O)c3ccc(F)cc3)C(=O)C(=O)N2CCN2CCOCC2)cc1. The number of aliphatic hydroxyl groups is 1. The van der Waals surface area contributed by atoms with E-state index in [4.69, 9.17) is 9.47 Å². The molecular weight excluding hydrogens is 439 g/mol. The molecule has 0 saturated carbocycles. The lowest BCUT2D eigenvalue weighted by Crippen LogP contribution is -2.42. The number of hydrogen-bond donors (Lipinski definition) is 1. The first kappa shape index (κ1) is 23.7. The number of amides is 1. The fraction of sp³-hybridized carbons (Fsp3) is 0.308. The maximum absolute atomic E-state index is 13.4. The summed E-state index contributed by atoms with van der Waals surface area (Å²) in [5.41, 5.74) is 0.914. The number of carbonyl (C=O) groups excluding carboxylic acids is 2. The predicted octanol–water partition coefficient (Wildman–Crippen LogP) is 3.14. The van der Waals surface area contributed by atoms with Crippen LogP contribution in [0.25, 0.3) is 5.76 Å². The second-order valence-corrected chi connectivity index (χ2v) is 8.12. The third kappa shape index (κ3) is 5.03.